The maximum absolute atomic E-state index is 11.1. The number of methoxy groups -OCH3 is 2. The van der Waals surface area contributed by atoms with Crippen LogP contribution >= 0.6 is 0 Å². The van der Waals surface area contributed by atoms with Crippen molar-refractivity contribution >= 4 is 6.29 Å². The Hall–Kier alpha value is -1.55. The predicted molar refractivity (Wildman–Crippen MR) is 67.6 cm³/mol. The van der Waals surface area contributed by atoms with E-state index in [0.29, 0.717) is 17.1 Å². The molecule has 0 aromatic heterocycles. The van der Waals surface area contributed by atoms with Crippen LogP contribution in [0.3, 0.4) is 0 Å². The highest BCUT2D eigenvalue weighted by Gasteiger charge is 2.29. The highest BCUT2D eigenvalue weighted by molar-refractivity contribution is 5.82. The van der Waals surface area contributed by atoms with E-state index in [1.807, 2.05) is 13.8 Å². The van der Waals surface area contributed by atoms with Gasteiger partial charge >= 0.3 is 0 Å². The van der Waals surface area contributed by atoms with E-state index in [1.54, 1.807) is 20.3 Å². The van der Waals surface area contributed by atoms with Crippen molar-refractivity contribution in [3.8, 4) is 11.5 Å². The smallest absolute Gasteiger partial charge is 0.153 e. The van der Waals surface area contributed by atoms with Crippen LogP contribution in [0.25, 0.3) is 0 Å². The Kier molecular flexibility index (Phi) is 3.57. The number of aldehydes is 1. The van der Waals surface area contributed by atoms with Crippen LogP contribution in [0.4, 0.5) is 0 Å². The Balaban J connectivity index is 2.69. The SMILES string of the molecule is COc1cc(C=O)c(OC)c2c1[C@@H](C)O[C@H](C)C2. The lowest BCUT2D eigenvalue weighted by Crippen LogP contribution is -2.24. The minimum atomic E-state index is -0.0618. The molecular weight excluding hydrogens is 232 g/mol. The first-order chi connectivity index (χ1) is 8.62. The number of ether oxygens (including phenoxy) is 3. The number of fused-ring (bicyclic) bond motifs is 1. The summed E-state index contributed by atoms with van der Waals surface area (Å²) in [5, 5.41) is 0. The van der Waals surface area contributed by atoms with Gasteiger partial charge in [0.1, 0.15) is 11.5 Å². The van der Waals surface area contributed by atoms with Gasteiger partial charge in [0.2, 0.25) is 0 Å². The molecule has 0 radical (unpaired) electrons. The molecule has 0 bridgehead atoms. The molecule has 0 unspecified atom stereocenters. The molecule has 1 aromatic rings. The van der Waals surface area contributed by atoms with Crippen molar-refractivity contribution in [3.63, 3.8) is 0 Å². The minimum absolute atomic E-state index is 0.0618. The fourth-order valence-corrected chi connectivity index (χ4v) is 2.63. The van der Waals surface area contributed by atoms with E-state index >= 15 is 0 Å². The maximum Gasteiger partial charge on any atom is 0.153 e. The van der Waals surface area contributed by atoms with Crippen molar-refractivity contribution < 1.29 is 19.0 Å². The van der Waals surface area contributed by atoms with E-state index in [4.69, 9.17) is 14.2 Å². The highest BCUT2D eigenvalue weighted by Crippen LogP contribution is 2.42. The molecule has 0 fully saturated rings. The zero-order valence-electron chi connectivity index (χ0n) is 11.1. The highest BCUT2D eigenvalue weighted by atomic mass is 16.5. The molecule has 1 aromatic carbocycles. The second kappa shape index (κ2) is 4.98. The van der Waals surface area contributed by atoms with Crippen molar-refractivity contribution in [2.45, 2.75) is 32.5 Å². The molecule has 0 saturated heterocycles. The van der Waals surface area contributed by atoms with Crippen LogP contribution in [-0.2, 0) is 11.2 Å². The minimum Gasteiger partial charge on any atom is -0.496 e. The first-order valence-corrected chi connectivity index (χ1v) is 6.00. The lowest BCUT2D eigenvalue weighted by Gasteiger charge is -2.31. The van der Waals surface area contributed by atoms with Crippen LogP contribution in [0.15, 0.2) is 6.07 Å². The van der Waals surface area contributed by atoms with E-state index in [1.165, 1.54) is 0 Å². The van der Waals surface area contributed by atoms with Gasteiger partial charge in [0.05, 0.1) is 32.0 Å². The number of hydrogen-bond acceptors (Lipinski definition) is 4. The topological polar surface area (TPSA) is 44.8 Å². The summed E-state index contributed by atoms with van der Waals surface area (Å²) < 4.78 is 16.6. The molecule has 98 valence electrons. The molecule has 0 spiro atoms. The lowest BCUT2D eigenvalue weighted by atomic mass is 9.91. The quantitative estimate of drug-likeness (QED) is 0.773. The number of benzene rings is 1. The molecule has 1 aliphatic heterocycles. The summed E-state index contributed by atoms with van der Waals surface area (Å²) >= 11 is 0. The fourth-order valence-electron chi connectivity index (χ4n) is 2.63. The van der Waals surface area contributed by atoms with Crippen molar-refractivity contribution in [1.29, 1.82) is 0 Å². The van der Waals surface area contributed by atoms with Crippen LogP contribution in [-0.4, -0.2) is 26.6 Å². The fraction of sp³-hybridized carbons (Fsp3) is 0.500. The van der Waals surface area contributed by atoms with E-state index in [-0.39, 0.29) is 12.2 Å². The van der Waals surface area contributed by atoms with Gasteiger partial charge in [0.15, 0.2) is 6.29 Å². The van der Waals surface area contributed by atoms with E-state index in [2.05, 4.69) is 0 Å². The number of rotatable bonds is 3. The normalized spacial score (nSPS) is 22.2. The van der Waals surface area contributed by atoms with Gasteiger partial charge in [-0.15, -0.1) is 0 Å². The molecule has 0 aliphatic carbocycles. The van der Waals surface area contributed by atoms with Gasteiger partial charge in [-0.05, 0) is 19.9 Å². The van der Waals surface area contributed by atoms with Crippen LogP contribution < -0.4 is 9.47 Å². The van der Waals surface area contributed by atoms with Gasteiger partial charge in [-0.2, -0.15) is 0 Å². The van der Waals surface area contributed by atoms with Gasteiger partial charge in [-0.1, -0.05) is 0 Å². The lowest BCUT2D eigenvalue weighted by molar-refractivity contribution is -0.00673. The average Bonchev–Trinajstić information content (AvgIpc) is 2.36. The molecule has 1 aliphatic rings. The predicted octanol–water partition coefficient (Wildman–Crippen LogP) is 2.54. The molecule has 0 saturated carbocycles. The summed E-state index contributed by atoms with van der Waals surface area (Å²) in [5.74, 6) is 1.33. The van der Waals surface area contributed by atoms with Gasteiger partial charge in [0, 0.05) is 17.5 Å². The third-order valence-corrected chi connectivity index (χ3v) is 3.30. The first-order valence-electron chi connectivity index (χ1n) is 6.00. The zero-order chi connectivity index (χ0) is 13.3. The van der Waals surface area contributed by atoms with Crippen molar-refractivity contribution in [1.82, 2.24) is 0 Å². The molecule has 0 N–H and O–H groups in total. The third kappa shape index (κ3) is 1.97. The molecule has 2 atom stereocenters. The number of hydrogen-bond donors (Lipinski definition) is 0. The Morgan fingerprint density at radius 1 is 1.33 bits per heavy atom. The second-order valence-electron chi connectivity index (χ2n) is 4.50. The Morgan fingerprint density at radius 3 is 2.61 bits per heavy atom. The van der Waals surface area contributed by atoms with Crippen LogP contribution in [0.5, 0.6) is 11.5 Å². The van der Waals surface area contributed by atoms with Crippen LogP contribution in [0.1, 0.15) is 41.4 Å². The van der Waals surface area contributed by atoms with Gasteiger partial charge in [0.25, 0.3) is 0 Å². The average molecular weight is 250 g/mol. The molecule has 4 heteroatoms. The van der Waals surface area contributed by atoms with Crippen molar-refractivity contribution in [2.75, 3.05) is 14.2 Å². The molecule has 18 heavy (non-hydrogen) atoms. The molecule has 4 nitrogen and oxygen atoms in total. The van der Waals surface area contributed by atoms with Gasteiger partial charge in [-0.25, -0.2) is 0 Å². The number of carbonyl (C=O) groups excluding carboxylic acids is 1. The first kappa shape index (κ1) is 12.9. The summed E-state index contributed by atoms with van der Waals surface area (Å²) in [7, 11) is 3.18. The third-order valence-electron chi connectivity index (χ3n) is 3.30. The van der Waals surface area contributed by atoms with Crippen LogP contribution in [0, 0.1) is 0 Å². The van der Waals surface area contributed by atoms with Crippen molar-refractivity contribution in [2.24, 2.45) is 0 Å². The maximum atomic E-state index is 11.1. The summed E-state index contributed by atoms with van der Waals surface area (Å²) in [6.07, 6.45) is 1.56. The zero-order valence-corrected chi connectivity index (χ0v) is 11.1. The monoisotopic (exact) mass is 250 g/mol. The van der Waals surface area contributed by atoms with Gasteiger partial charge in [-0.3, -0.25) is 4.79 Å². The summed E-state index contributed by atoms with van der Waals surface area (Å²) in [6, 6.07) is 1.71. The number of carbonyl (C=O) groups is 1. The molecule has 2 rings (SSSR count). The van der Waals surface area contributed by atoms with E-state index < -0.39 is 0 Å². The second-order valence-corrected chi connectivity index (χ2v) is 4.50. The van der Waals surface area contributed by atoms with E-state index in [0.717, 1.165) is 23.8 Å². The molecule has 1 heterocycles. The Morgan fingerprint density at radius 2 is 2.06 bits per heavy atom. The summed E-state index contributed by atoms with van der Waals surface area (Å²) in [6.45, 7) is 4.00. The van der Waals surface area contributed by atoms with Crippen molar-refractivity contribution in [3.05, 3.63) is 22.8 Å². The van der Waals surface area contributed by atoms with Crippen LogP contribution in [0.2, 0.25) is 0 Å². The summed E-state index contributed by atoms with van der Waals surface area (Å²) in [5.41, 5.74) is 2.53. The van der Waals surface area contributed by atoms with E-state index in [9.17, 15) is 4.79 Å². The Bertz CT molecular complexity index is 467. The molecular formula is C14H18O4. The molecule has 0 amide bonds. The van der Waals surface area contributed by atoms with Gasteiger partial charge < -0.3 is 14.2 Å². The standard InChI is InChI=1S/C14H18O4/c1-8-5-11-13(9(2)18-8)12(16-3)6-10(7-15)14(11)17-4/h6-9H,5H2,1-4H3/t8-,9-/m1/s1. The summed E-state index contributed by atoms with van der Waals surface area (Å²) in [4.78, 5) is 11.1. The largest absolute Gasteiger partial charge is 0.496 e. The Labute approximate surface area is 107 Å².